The van der Waals surface area contributed by atoms with Gasteiger partial charge in [-0.15, -0.1) is 0 Å². The van der Waals surface area contributed by atoms with Crippen molar-refractivity contribution in [2.24, 2.45) is 0 Å². The molecule has 1 N–H and O–H groups in total. The molecule has 0 unspecified atom stereocenters. The Morgan fingerprint density at radius 1 is 1.33 bits per heavy atom. The van der Waals surface area contributed by atoms with Crippen molar-refractivity contribution in [3.8, 4) is 5.75 Å². The maximum Gasteiger partial charge on any atom is 0.411 e. The number of halogens is 3. The van der Waals surface area contributed by atoms with E-state index in [4.69, 9.17) is 4.74 Å². The van der Waals surface area contributed by atoms with Crippen LogP contribution in [0.3, 0.4) is 0 Å². The molecule has 0 fully saturated rings. The Morgan fingerprint density at radius 3 is 2.67 bits per heavy atom. The summed E-state index contributed by atoms with van der Waals surface area (Å²) in [7, 11) is 1.74. The average molecular weight is 264 g/mol. The molecule has 7 heteroatoms. The van der Waals surface area contributed by atoms with Crippen molar-refractivity contribution in [2.75, 3.05) is 20.4 Å². The second-order valence-electron chi connectivity index (χ2n) is 3.65. The van der Waals surface area contributed by atoms with E-state index in [2.05, 4.69) is 15.0 Å². The fourth-order valence-corrected chi connectivity index (χ4v) is 1.29. The number of aryl methyl sites for hydroxylation is 1. The normalized spacial score (nSPS) is 11.6. The Balaban J connectivity index is 2.51. The molecule has 0 aliphatic carbocycles. The van der Waals surface area contributed by atoms with Crippen LogP contribution in [0.25, 0.3) is 0 Å². The summed E-state index contributed by atoms with van der Waals surface area (Å²) in [6, 6.07) is 3.38. The first-order valence-corrected chi connectivity index (χ1v) is 5.31. The molecule has 0 aliphatic heterocycles. The van der Waals surface area contributed by atoms with Crippen LogP contribution in [0.4, 0.5) is 13.2 Å². The third kappa shape index (κ3) is 5.33. The van der Waals surface area contributed by atoms with Crippen molar-refractivity contribution in [1.82, 2.24) is 10.3 Å². The van der Waals surface area contributed by atoms with Crippen molar-refractivity contribution < 1.29 is 22.6 Å². The van der Waals surface area contributed by atoms with Crippen molar-refractivity contribution in [1.29, 1.82) is 0 Å². The van der Waals surface area contributed by atoms with Crippen molar-refractivity contribution in [3.63, 3.8) is 0 Å². The minimum Gasteiger partial charge on any atom is -0.466 e. The highest BCUT2D eigenvalue weighted by Gasteiger charge is 2.27. The smallest absolute Gasteiger partial charge is 0.411 e. The monoisotopic (exact) mass is 264 g/mol. The van der Waals surface area contributed by atoms with Gasteiger partial charge < -0.3 is 14.8 Å². The summed E-state index contributed by atoms with van der Waals surface area (Å²) in [5.74, 6) is 0.414. The van der Waals surface area contributed by atoms with Crippen molar-refractivity contribution in [2.45, 2.75) is 19.6 Å². The van der Waals surface area contributed by atoms with Crippen molar-refractivity contribution in [3.05, 3.63) is 23.5 Å². The van der Waals surface area contributed by atoms with Gasteiger partial charge in [-0.25, -0.2) is 0 Å². The van der Waals surface area contributed by atoms with Gasteiger partial charge in [-0.05, 0) is 26.1 Å². The molecule has 102 valence electrons. The van der Waals surface area contributed by atoms with E-state index < -0.39 is 19.6 Å². The zero-order valence-electron chi connectivity index (χ0n) is 10.2. The van der Waals surface area contributed by atoms with Crippen LogP contribution >= 0.6 is 0 Å². The van der Waals surface area contributed by atoms with Gasteiger partial charge in [-0.1, -0.05) is 0 Å². The number of alkyl halides is 3. The van der Waals surface area contributed by atoms with Crippen LogP contribution in [0.15, 0.2) is 12.1 Å². The lowest BCUT2D eigenvalue weighted by Gasteiger charge is -2.12. The number of hydrogen-bond acceptors (Lipinski definition) is 4. The first kappa shape index (κ1) is 14.7. The van der Waals surface area contributed by atoms with Gasteiger partial charge in [0.1, 0.15) is 12.4 Å². The molecular weight excluding hydrogens is 249 g/mol. The summed E-state index contributed by atoms with van der Waals surface area (Å²) in [6.45, 7) is 0.508. The maximum atomic E-state index is 11.8. The van der Waals surface area contributed by atoms with Gasteiger partial charge in [0.25, 0.3) is 0 Å². The summed E-state index contributed by atoms with van der Waals surface area (Å²) in [6.07, 6.45) is -4.34. The second-order valence-corrected chi connectivity index (χ2v) is 3.65. The zero-order chi connectivity index (χ0) is 13.6. The van der Waals surface area contributed by atoms with Crippen LogP contribution in [0, 0.1) is 6.92 Å². The molecule has 1 rings (SSSR count). The highest BCUT2D eigenvalue weighted by Crippen LogP contribution is 2.18. The average Bonchev–Trinajstić information content (AvgIpc) is 2.26. The van der Waals surface area contributed by atoms with Crippen LogP contribution in [0.1, 0.15) is 11.4 Å². The topological polar surface area (TPSA) is 43.4 Å². The Kier molecular flexibility index (Phi) is 5.36. The number of pyridine rings is 1. The van der Waals surface area contributed by atoms with E-state index in [0.717, 1.165) is 5.69 Å². The summed E-state index contributed by atoms with van der Waals surface area (Å²) >= 11 is 0. The molecule has 1 aromatic heterocycles. The van der Waals surface area contributed by atoms with Gasteiger partial charge in [0.2, 0.25) is 0 Å². The standard InChI is InChI=1S/C11H15F3N2O2/c1-8-3-4-10(9(16-8)5-15-2)18-7-17-6-11(12,13)14/h3-4,15H,5-7H2,1-2H3. The fourth-order valence-electron chi connectivity index (χ4n) is 1.29. The first-order valence-electron chi connectivity index (χ1n) is 5.31. The molecule has 0 radical (unpaired) electrons. The number of rotatable bonds is 6. The number of ether oxygens (including phenoxy) is 2. The molecule has 1 aromatic rings. The number of nitrogens with one attached hydrogen (secondary N) is 1. The maximum absolute atomic E-state index is 11.8. The lowest BCUT2D eigenvalue weighted by atomic mass is 10.3. The van der Waals surface area contributed by atoms with Gasteiger partial charge >= 0.3 is 6.18 Å². The largest absolute Gasteiger partial charge is 0.466 e. The van der Waals surface area contributed by atoms with Crippen LogP contribution in [0.2, 0.25) is 0 Å². The molecule has 0 atom stereocenters. The van der Waals surface area contributed by atoms with E-state index in [9.17, 15) is 13.2 Å². The van der Waals surface area contributed by atoms with Gasteiger partial charge in [-0.3, -0.25) is 4.98 Å². The van der Waals surface area contributed by atoms with Crippen molar-refractivity contribution >= 4 is 0 Å². The molecule has 0 saturated heterocycles. The fraction of sp³-hybridized carbons (Fsp3) is 0.545. The number of aromatic nitrogens is 1. The quantitative estimate of drug-likeness (QED) is 0.630. The highest BCUT2D eigenvalue weighted by atomic mass is 19.4. The molecule has 1 heterocycles. The van der Waals surface area contributed by atoms with E-state index >= 15 is 0 Å². The third-order valence-electron chi connectivity index (χ3n) is 1.98. The van der Waals surface area contributed by atoms with Crippen LogP contribution < -0.4 is 10.1 Å². The van der Waals surface area contributed by atoms with E-state index in [1.165, 1.54) is 0 Å². The summed E-state index contributed by atoms with van der Waals surface area (Å²) in [5.41, 5.74) is 1.44. The molecule has 0 saturated carbocycles. The van der Waals surface area contributed by atoms with E-state index in [0.29, 0.717) is 18.0 Å². The predicted molar refractivity (Wildman–Crippen MR) is 59.2 cm³/mol. The lowest BCUT2D eigenvalue weighted by Crippen LogP contribution is -2.19. The molecule has 0 spiro atoms. The summed E-state index contributed by atoms with van der Waals surface area (Å²) in [5, 5.41) is 2.90. The summed E-state index contributed by atoms with van der Waals surface area (Å²) in [4.78, 5) is 4.23. The highest BCUT2D eigenvalue weighted by molar-refractivity contribution is 5.29. The molecular formula is C11H15F3N2O2. The molecule has 0 bridgehead atoms. The Morgan fingerprint density at radius 2 is 2.06 bits per heavy atom. The molecule has 4 nitrogen and oxygen atoms in total. The predicted octanol–water partition coefficient (Wildman–Crippen LogP) is 2.02. The Bertz CT molecular complexity index is 383. The molecule has 0 aliphatic rings. The molecule has 0 aromatic carbocycles. The Hall–Kier alpha value is -1.34. The van der Waals surface area contributed by atoms with Crippen LogP contribution in [-0.2, 0) is 11.3 Å². The molecule has 18 heavy (non-hydrogen) atoms. The van der Waals surface area contributed by atoms with Gasteiger partial charge in [0.15, 0.2) is 6.79 Å². The number of hydrogen-bond donors (Lipinski definition) is 1. The van der Waals surface area contributed by atoms with Crippen LogP contribution in [-0.4, -0.2) is 31.6 Å². The lowest BCUT2D eigenvalue weighted by molar-refractivity contribution is -0.186. The third-order valence-corrected chi connectivity index (χ3v) is 1.98. The zero-order valence-corrected chi connectivity index (χ0v) is 10.2. The van der Waals surface area contributed by atoms with Gasteiger partial charge in [-0.2, -0.15) is 13.2 Å². The van der Waals surface area contributed by atoms with E-state index in [-0.39, 0.29) is 0 Å². The summed E-state index contributed by atoms with van der Waals surface area (Å²) < 4.78 is 45.0. The number of nitrogens with zero attached hydrogens (tertiary/aromatic N) is 1. The van der Waals surface area contributed by atoms with Crippen LogP contribution in [0.5, 0.6) is 5.75 Å². The van der Waals surface area contributed by atoms with Gasteiger partial charge in [0.05, 0.1) is 5.69 Å². The van der Waals surface area contributed by atoms with E-state index in [1.807, 2.05) is 6.92 Å². The SMILES string of the molecule is CNCc1nc(C)ccc1OCOCC(F)(F)F. The minimum atomic E-state index is -4.34. The molecule has 0 amide bonds. The second kappa shape index (κ2) is 6.55. The van der Waals surface area contributed by atoms with Gasteiger partial charge in [0, 0.05) is 12.2 Å². The minimum absolute atomic E-state index is 0.414. The van der Waals surface area contributed by atoms with E-state index in [1.54, 1.807) is 19.2 Å². The first-order chi connectivity index (χ1) is 8.42. The Labute approximate surface area is 103 Å².